The second-order valence-electron chi connectivity index (χ2n) is 6.38. The first-order chi connectivity index (χ1) is 13.0. The normalized spacial score (nSPS) is 12.1. The smallest absolute Gasteiger partial charge is 0.155 e. The van der Waals surface area contributed by atoms with Crippen molar-refractivity contribution in [3.05, 3.63) is 66.1 Å². The maximum absolute atomic E-state index is 14.1. The highest BCUT2D eigenvalue weighted by atomic mass is 32.2. The number of fused-ring (bicyclic) bond motifs is 1. The van der Waals surface area contributed by atoms with Crippen LogP contribution in [0.1, 0.15) is 5.69 Å². The van der Waals surface area contributed by atoms with Gasteiger partial charge in [0.15, 0.2) is 5.75 Å². The molecule has 1 aromatic heterocycles. The molecule has 0 unspecified atom stereocenters. The third-order valence-electron chi connectivity index (χ3n) is 4.15. The number of hydrogen-bond acceptors (Lipinski definition) is 4. The Morgan fingerprint density at radius 1 is 1.19 bits per heavy atom. The minimum absolute atomic E-state index is 0.144. The number of aromatic nitrogens is 1. The van der Waals surface area contributed by atoms with E-state index in [9.17, 15) is 4.39 Å². The number of rotatable bonds is 7. The quantitative estimate of drug-likeness (QED) is 0.573. The van der Waals surface area contributed by atoms with Crippen molar-refractivity contribution in [1.29, 1.82) is 0 Å². The molecule has 4 nitrogen and oxygen atoms in total. The van der Waals surface area contributed by atoms with E-state index in [4.69, 9.17) is 10.5 Å². The zero-order chi connectivity index (χ0) is 19.4. The fourth-order valence-electron chi connectivity index (χ4n) is 2.97. The molecule has 0 amide bonds. The van der Waals surface area contributed by atoms with Crippen molar-refractivity contribution in [2.45, 2.75) is 18.4 Å². The Hall–Kier alpha value is -2.28. The highest BCUT2D eigenvalue weighted by Gasteiger charge is 2.16. The van der Waals surface area contributed by atoms with E-state index in [1.165, 1.54) is 6.08 Å². The molecule has 142 valence electrons. The van der Waals surface area contributed by atoms with Crippen LogP contribution in [0.4, 0.5) is 4.39 Å². The molecule has 3 rings (SSSR count). The van der Waals surface area contributed by atoms with E-state index < -0.39 is 0 Å². The summed E-state index contributed by atoms with van der Waals surface area (Å²) in [6.07, 6.45) is 1.40. The van der Waals surface area contributed by atoms with E-state index in [0.717, 1.165) is 33.0 Å². The standard InChI is InChI=1S/C21H24FN3OS/c1-15-21(26-17-8-10-18(11-9-17)27-24(2)3)19-6-4-5-7-20(19)25(15)14-16(22)12-13-23/h4-12H,13-14,23H2,1-3H3/b16-12-. The largest absolute Gasteiger partial charge is 0.455 e. The summed E-state index contributed by atoms with van der Waals surface area (Å²) in [4.78, 5) is 1.14. The second-order valence-corrected chi connectivity index (χ2v) is 7.77. The molecule has 0 aliphatic heterocycles. The molecule has 2 aromatic carbocycles. The first-order valence-electron chi connectivity index (χ1n) is 8.75. The van der Waals surface area contributed by atoms with Gasteiger partial charge in [-0.2, -0.15) is 0 Å². The molecule has 0 fully saturated rings. The van der Waals surface area contributed by atoms with Crippen LogP contribution in [0.3, 0.4) is 0 Å². The Kier molecular flexibility index (Phi) is 6.21. The predicted octanol–water partition coefficient (Wildman–Crippen LogP) is 5.12. The highest BCUT2D eigenvalue weighted by molar-refractivity contribution is 7.97. The van der Waals surface area contributed by atoms with E-state index in [1.54, 1.807) is 11.9 Å². The first kappa shape index (κ1) is 19.5. The number of ether oxygens (including phenoxy) is 1. The lowest BCUT2D eigenvalue weighted by Gasteiger charge is -2.10. The van der Waals surface area contributed by atoms with Crippen molar-refractivity contribution in [1.82, 2.24) is 8.87 Å². The molecule has 0 aliphatic carbocycles. The Morgan fingerprint density at radius 3 is 2.56 bits per heavy atom. The lowest BCUT2D eigenvalue weighted by Crippen LogP contribution is -2.03. The van der Waals surface area contributed by atoms with Gasteiger partial charge in [0.2, 0.25) is 0 Å². The number of nitrogens with two attached hydrogens (primary N) is 1. The third-order valence-corrected chi connectivity index (χ3v) is 5.00. The van der Waals surface area contributed by atoms with Gasteiger partial charge in [0.1, 0.15) is 11.6 Å². The van der Waals surface area contributed by atoms with E-state index in [-0.39, 0.29) is 18.9 Å². The molecule has 6 heteroatoms. The molecule has 0 aliphatic rings. The topological polar surface area (TPSA) is 43.4 Å². The van der Waals surface area contributed by atoms with Crippen LogP contribution in [0.25, 0.3) is 10.9 Å². The van der Waals surface area contributed by atoms with Gasteiger partial charge in [-0.15, -0.1) is 0 Å². The van der Waals surface area contributed by atoms with Crippen LogP contribution in [0.5, 0.6) is 11.5 Å². The molecule has 0 bridgehead atoms. The average molecular weight is 386 g/mol. The Balaban J connectivity index is 1.95. The van der Waals surface area contributed by atoms with Crippen molar-refractivity contribution in [3.63, 3.8) is 0 Å². The first-order valence-corrected chi connectivity index (χ1v) is 9.52. The van der Waals surface area contributed by atoms with Crippen molar-refractivity contribution in [2.75, 3.05) is 20.6 Å². The molecule has 2 N–H and O–H groups in total. The van der Waals surface area contributed by atoms with E-state index in [0.29, 0.717) is 0 Å². The van der Waals surface area contributed by atoms with Gasteiger partial charge in [0.05, 0.1) is 17.8 Å². The van der Waals surface area contributed by atoms with Crippen molar-refractivity contribution in [3.8, 4) is 11.5 Å². The fraction of sp³-hybridized carbons (Fsp3) is 0.238. The molecule has 3 aromatic rings. The molecule has 27 heavy (non-hydrogen) atoms. The summed E-state index contributed by atoms with van der Waals surface area (Å²) in [5.74, 6) is 1.25. The summed E-state index contributed by atoms with van der Waals surface area (Å²) in [5, 5.41) is 0.960. The zero-order valence-corrected chi connectivity index (χ0v) is 16.6. The van der Waals surface area contributed by atoms with Crippen molar-refractivity contribution < 1.29 is 9.13 Å². The minimum Gasteiger partial charge on any atom is -0.455 e. The van der Waals surface area contributed by atoms with Gasteiger partial charge in [-0.3, -0.25) is 4.31 Å². The minimum atomic E-state index is -0.252. The van der Waals surface area contributed by atoms with Crippen molar-refractivity contribution >= 4 is 22.9 Å². The average Bonchev–Trinajstić information content (AvgIpc) is 2.89. The van der Waals surface area contributed by atoms with Crippen LogP contribution in [0.2, 0.25) is 0 Å². The van der Waals surface area contributed by atoms with Gasteiger partial charge >= 0.3 is 0 Å². The fourth-order valence-corrected chi connectivity index (χ4v) is 3.65. The monoisotopic (exact) mass is 385 g/mol. The molecule has 0 spiro atoms. The summed E-state index contributed by atoms with van der Waals surface area (Å²) < 4.78 is 24.2. The SMILES string of the molecule is Cc1c(Oc2ccc(SN(C)C)cc2)c2ccccc2n1C/C(F)=C/CN. The molecule has 0 atom stereocenters. The van der Waals surface area contributed by atoms with Gasteiger partial charge < -0.3 is 15.0 Å². The van der Waals surface area contributed by atoms with E-state index >= 15 is 0 Å². The lowest BCUT2D eigenvalue weighted by molar-refractivity contribution is 0.477. The van der Waals surface area contributed by atoms with Crippen LogP contribution in [0.15, 0.2) is 65.3 Å². The van der Waals surface area contributed by atoms with Crippen LogP contribution in [-0.4, -0.2) is 29.5 Å². The molecular weight excluding hydrogens is 361 g/mol. The second kappa shape index (κ2) is 8.61. The summed E-state index contributed by atoms with van der Waals surface area (Å²) in [6.45, 7) is 2.28. The van der Waals surface area contributed by atoms with Crippen LogP contribution in [0, 0.1) is 6.92 Å². The van der Waals surface area contributed by atoms with Gasteiger partial charge in [0.25, 0.3) is 0 Å². The highest BCUT2D eigenvalue weighted by Crippen LogP contribution is 2.37. The molecule has 0 saturated carbocycles. The Bertz CT molecular complexity index is 948. The summed E-state index contributed by atoms with van der Waals surface area (Å²) in [7, 11) is 4.01. The Labute approximate surface area is 163 Å². The van der Waals surface area contributed by atoms with Gasteiger partial charge in [-0.1, -0.05) is 12.1 Å². The number of nitrogens with zero attached hydrogens (tertiary/aromatic N) is 2. The van der Waals surface area contributed by atoms with Crippen molar-refractivity contribution in [2.24, 2.45) is 5.73 Å². The third kappa shape index (κ3) is 4.53. The number of para-hydroxylation sites is 1. The van der Waals surface area contributed by atoms with E-state index in [2.05, 4.69) is 0 Å². The molecule has 0 saturated heterocycles. The maximum atomic E-state index is 14.1. The summed E-state index contributed by atoms with van der Waals surface area (Å²) in [5.41, 5.74) is 7.24. The van der Waals surface area contributed by atoms with Crippen LogP contribution >= 0.6 is 11.9 Å². The van der Waals surface area contributed by atoms with Gasteiger partial charge in [0, 0.05) is 16.8 Å². The van der Waals surface area contributed by atoms with Gasteiger partial charge in [-0.25, -0.2) is 4.39 Å². The summed E-state index contributed by atoms with van der Waals surface area (Å²) in [6, 6.07) is 15.8. The van der Waals surface area contributed by atoms with Crippen LogP contribution < -0.4 is 10.5 Å². The lowest BCUT2D eigenvalue weighted by atomic mass is 10.2. The Morgan fingerprint density at radius 2 is 1.89 bits per heavy atom. The maximum Gasteiger partial charge on any atom is 0.155 e. The molecule has 1 heterocycles. The molecule has 0 radical (unpaired) electrons. The molecular formula is C21H24FN3OS. The zero-order valence-electron chi connectivity index (χ0n) is 15.8. The van der Waals surface area contributed by atoms with E-state index in [1.807, 2.05) is 78.4 Å². The predicted molar refractivity (Wildman–Crippen MR) is 111 cm³/mol. The summed E-state index contributed by atoms with van der Waals surface area (Å²) >= 11 is 1.65. The number of benzene rings is 2. The van der Waals surface area contributed by atoms with Crippen LogP contribution in [-0.2, 0) is 6.54 Å². The number of allylic oxidation sites excluding steroid dienone is 1. The van der Waals surface area contributed by atoms with Gasteiger partial charge in [-0.05, 0) is 75.4 Å². The number of halogens is 1. The number of hydrogen-bond donors (Lipinski definition) is 1.